The number of hydrogen-bond acceptors (Lipinski definition) is 0. The first-order valence-electron chi connectivity index (χ1n) is 15.5. The molecule has 0 unspecified atom stereocenters. The average Bonchev–Trinajstić information content (AvgIpc) is 2.90. The van der Waals surface area contributed by atoms with Gasteiger partial charge in [0.1, 0.15) is 0 Å². The van der Waals surface area contributed by atoms with E-state index < -0.39 is 0 Å². The van der Waals surface area contributed by atoms with Crippen LogP contribution >= 0.6 is 0 Å². The summed E-state index contributed by atoms with van der Waals surface area (Å²) in [4.78, 5) is 0. The summed E-state index contributed by atoms with van der Waals surface area (Å²) in [6.07, 6.45) is 7.65. The van der Waals surface area contributed by atoms with Gasteiger partial charge in [0.15, 0.2) is 0 Å². The molecule has 0 aromatic heterocycles. The van der Waals surface area contributed by atoms with Gasteiger partial charge in [-0.2, -0.15) is 33.9 Å². The molecule has 1 aliphatic carbocycles. The molecule has 0 atom stereocenters. The maximum Gasteiger partial charge on any atom is 0 e. The second-order valence-corrected chi connectivity index (χ2v) is 13.2. The summed E-state index contributed by atoms with van der Waals surface area (Å²) in [6.45, 7) is 30.5. The van der Waals surface area contributed by atoms with Crippen molar-refractivity contribution >= 4 is 0 Å². The van der Waals surface area contributed by atoms with Crippen LogP contribution in [0, 0.1) is 95.1 Å². The minimum atomic E-state index is 0. The largest absolute Gasteiger partial charge is 0.177 e. The molecular formula is C39H53Y-. The maximum atomic E-state index is 3.56. The molecule has 0 spiro atoms. The Labute approximate surface area is 272 Å². The van der Waals surface area contributed by atoms with Crippen molar-refractivity contribution < 1.29 is 32.7 Å². The van der Waals surface area contributed by atoms with Crippen LogP contribution in [0.5, 0.6) is 0 Å². The van der Waals surface area contributed by atoms with Crippen molar-refractivity contribution in [2.45, 2.75) is 134 Å². The Morgan fingerprint density at radius 3 is 1.23 bits per heavy atom. The normalized spacial score (nSPS) is 17.2. The minimum absolute atomic E-state index is 0. The van der Waals surface area contributed by atoms with Gasteiger partial charge in [-0.3, -0.25) is 0 Å². The van der Waals surface area contributed by atoms with Gasteiger partial charge in [0.25, 0.3) is 0 Å². The summed E-state index contributed by atoms with van der Waals surface area (Å²) in [5.74, 6) is 1.62. The molecule has 213 valence electrons. The van der Waals surface area contributed by atoms with Crippen molar-refractivity contribution in [3.63, 3.8) is 0 Å². The van der Waals surface area contributed by atoms with Gasteiger partial charge in [0.2, 0.25) is 0 Å². The van der Waals surface area contributed by atoms with E-state index in [4.69, 9.17) is 0 Å². The van der Waals surface area contributed by atoms with Gasteiger partial charge in [-0.15, -0.1) is 0 Å². The van der Waals surface area contributed by atoms with Crippen LogP contribution in [0.3, 0.4) is 0 Å². The third kappa shape index (κ3) is 5.84. The minimum Gasteiger partial charge on any atom is -0.177 e. The Morgan fingerprint density at radius 2 is 0.825 bits per heavy atom. The Balaban J connectivity index is 0.00000441. The van der Waals surface area contributed by atoms with Gasteiger partial charge in [0, 0.05) is 32.7 Å². The average molecular weight is 611 g/mol. The summed E-state index contributed by atoms with van der Waals surface area (Å²) in [6, 6.07) is 3.56. The molecule has 1 aliphatic rings. The van der Waals surface area contributed by atoms with E-state index in [9.17, 15) is 0 Å². The molecule has 1 fully saturated rings. The van der Waals surface area contributed by atoms with Crippen molar-refractivity contribution in [2.75, 3.05) is 0 Å². The van der Waals surface area contributed by atoms with Crippen LogP contribution in [0.4, 0.5) is 0 Å². The van der Waals surface area contributed by atoms with Crippen molar-refractivity contribution in [1.29, 1.82) is 0 Å². The zero-order valence-electron chi connectivity index (χ0n) is 28.0. The molecule has 1 radical (unpaired) electrons. The predicted octanol–water partition coefficient (Wildman–Crippen LogP) is 10.9. The fourth-order valence-corrected chi connectivity index (χ4v) is 7.85. The van der Waals surface area contributed by atoms with E-state index in [-0.39, 0.29) is 32.7 Å². The fraction of sp³-hybridized carbons (Fsp3) is 0.538. The van der Waals surface area contributed by atoms with E-state index in [1.165, 1.54) is 98.0 Å². The standard InChI is InChI=1S/C39H53.Y/c1-21-14-16-34(17-15-21)37-30(10)32(12)39(33(13)31(37)11)38-28(8)26(6)36(27(7)29(38)9)19-18-35-24(4)22(2)20-23(3)25(35)5;/h21,34H,14-19H2,1-13H3;/q-1;. The van der Waals surface area contributed by atoms with Crippen LogP contribution in [-0.2, 0) is 45.6 Å². The van der Waals surface area contributed by atoms with Gasteiger partial charge >= 0.3 is 0 Å². The van der Waals surface area contributed by atoms with Crippen molar-refractivity contribution in [2.24, 2.45) is 5.92 Å². The second-order valence-electron chi connectivity index (χ2n) is 13.2. The van der Waals surface area contributed by atoms with Crippen LogP contribution in [0.1, 0.15) is 122 Å². The third-order valence-corrected chi connectivity index (χ3v) is 11.2. The molecule has 3 aromatic carbocycles. The van der Waals surface area contributed by atoms with E-state index in [2.05, 4.69) is 96.1 Å². The van der Waals surface area contributed by atoms with E-state index >= 15 is 0 Å². The van der Waals surface area contributed by atoms with Crippen molar-refractivity contribution in [1.82, 2.24) is 0 Å². The molecule has 1 saturated carbocycles. The summed E-state index contributed by atoms with van der Waals surface area (Å²) in [7, 11) is 0. The molecule has 4 rings (SSSR count). The van der Waals surface area contributed by atoms with E-state index in [0.29, 0.717) is 0 Å². The van der Waals surface area contributed by atoms with E-state index in [1.54, 1.807) is 22.3 Å². The SMILES string of the molecule is Cc1[c-]c(C)c(C)c(CCc2c(C)c(C)c(-c3c(C)c(C)c(C4CCC(C)CC4)c(C)c3C)c(C)c2C)c1C.[Y]. The molecular weight excluding hydrogens is 557 g/mol. The first kappa shape index (κ1) is 33.3. The number of rotatable bonds is 5. The van der Waals surface area contributed by atoms with Gasteiger partial charge in [0.05, 0.1) is 0 Å². The van der Waals surface area contributed by atoms with Crippen LogP contribution < -0.4 is 0 Å². The van der Waals surface area contributed by atoms with Gasteiger partial charge in [-0.1, -0.05) is 47.5 Å². The summed E-state index contributed by atoms with van der Waals surface area (Å²) in [5.41, 5.74) is 25.2. The number of hydrogen-bond donors (Lipinski definition) is 0. The van der Waals surface area contributed by atoms with Crippen LogP contribution in [-0.4, -0.2) is 0 Å². The van der Waals surface area contributed by atoms with Gasteiger partial charge < -0.3 is 0 Å². The second kappa shape index (κ2) is 13.0. The molecule has 0 amide bonds. The molecule has 0 nitrogen and oxygen atoms in total. The maximum absolute atomic E-state index is 3.56. The van der Waals surface area contributed by atoms with Crippen molar-refractivity contribution in [3.05, 3.63) is 89.5 Å². The summed E-state index contributed by atoms with van der Waals surface area (Å²) >= 11 is 0. The van der Waals surface area contributed by atoms with Gasteiger partial charge in [-0.25, -0.2) is 0 Å². The predicted molar refractivity (Wildman–Crippen MR) is 172 cm³/mol. The van der Waals surface area contributed by atoms with Crippen molar-refractivity contribution in [3.8, 4) is 11.1 Å². The zero-order chi connectivity index (χ0) is 28.9. The zero-order valence-corrected chi connectivity index (χ0v) is 30.8. The topological polar surface area (TPSA) is 0 Å². The fourth-order valence-electron chi connectivity index (χ4n) is 7.85. The Bertz CT molecular complexity index is 1340. The molecule has 0 N–H and O–H groups in total. The molecule has 40 heavy (non-hydrogen) atoms. The monoisotopic (exact) mass is 610 g/mol. The Morgan fingerprint density at radius 1 is 0.475 bits per heavy atom. The van der Waals surface area contributed by atoms with E-state index in [0.717, 1.165) is 24.7 Å². The van der Waals surface area contributed by atoms with Crippen LogP contribution in [0.25, 0.3) is 11.1 Å². The molecule has 0 aliphatic heterocycles. The quantitative estimate of drug-likeness (QED) is 0.252. The molecule has 1 heteroatoms. The van der Waals surface area contributed by atoms with Crippen LogP contribution in [0.15, 0.2) is 0 Å². The Kier molecular flexibility index (Phi) is 10.8. The number of aryl methyl sites for hydroxylation is 2. The first-order valence-corrected chi connectivity index (χ1v) is 15.5. The Hall–Kier alpha value is -1.24. The molecule has 0 saturated heterocycles. The van der Waals surface area contributed by atoms with E-state index in [1.807, 2.05) is 0 Å². The van der Waals surface area contributed by atoms with Crippen LogP contribution in [0.2, 0.25) is 0 Å². The first-order chi connectivity index (χ1) is 18.3. The summed E-state index contributed by atoms with van der Waals surface area (Å²) in [5, 5.41) is 0. The smallest absolute Gasteiger partial charge is 0 e. The number of benzene rings is 3. The third-order valence-electron chi connectivity index (χ3n) is 11.2. The molecule has 0 heterocycles. The molecule has 3 aromatic rings. The van der Waals surface area contributed by atoms with Gasteiger partial charge in [-0.05, 0) is 160 Å². The summed E-state index contributed by atoms with van der Waals surface area (Å²) < 4.78 is 0. The molecule has 0 bridgehead atoms.